The fraction of sp³-hybridized carbons (Fsp3) is 0.333. The first-order valence-electron chi connectivity index (χ1n) is 11.9. The summed E-state index contributed by atoms with van der Waals surface area (Å²) in [5, 5.41) is 15.0. The van der Waals surface area contributed by atoms with Crippen molar-refractivity contribution < 1.29 is 24.2 Å². The molecule has 1 unspecified atom stereocenters. The first kappa shape index (κ1) is 23.2. The van der Waals surface area contributed by atoms with Crippen LogP contribution < -0.4 is 19.7 Å². The molecule has 2 amide bonds. The summed E-state index contributed by atoms with van der Waals surface area (Å²) in [6.07, 6.45) is 5.37. The summed E-state index contributed by atoms with van der Waals surface area (Å²) in [5.41, 5.74) is 1.17. The van der Waals surface area contributed by atoms with Crippen LogP contribution in [0.5, 0.6) is 17.2 Å². The van der Waals surface area contributed by atoms with E-state index in [-0.39, 0.29) is 36.8 Å². The lowest BCUT2D eigenvalue weighted by molar-refractivity contribution is -0.127. The molecule has 2 aromatic carbocycles. The number of carbonyl (C=O) groups is 2. The number of fused-ring (bicyclic) bond motifs is 1. The van der Waals surface area contributed by atoms with Crippen LogP contribution in [0.25, 0.3) is 0 Å². The molecule has 0 bridgehead atoms. The zero-order valence-electron chi connectivity index (χ0n) is 19.3. The second-order valence-corrected chi connectivity index (χ2v) is 9.93. The van der Waals surface area contributed by atoms with Gasteiger partial charge in [-0.1, -0.05) is 37.5 Å². The fourth-order valence-electron chi connectivity index (χ4n) is 4.72. The third-order valence-electron chi connectivity index (χ3n) is 6.48. The first-order valence-corrected chi connectivity index (χ1v) is 12.8. The van der Waals surface area contributed by atoms with Gasteiger partial charge < -0.3 is 19.9 Å². The first-order chi connectivity index (χ1) is 17.1. The summed E-state index contributed by atoms with van der Waals surface area (Å²) in [7, 11) is 0. The monoisotopic (exact) mass is 492 g/mol. The number of nitrogens with zero attached hydrogens (tertiary/aromatic N) is 1. The Morgan fingerprint density at radius 2 is 1.80 bits per heavy atom. The number of benzene rings is 2. The van der Waals surface area contributed by atoms with E-state index >= 15 is 0 Å². The van der Waals surface area contributed by atoms with Crippen LogP contribution in [0.4, 0.5) is 5.69 Å². The number of amides is 2. The van der Waals surface area contributed by atoms with Crippen LogP contribution in [0.1, 0.15) is 48.6 Å². The van der Waals surface area contributed by atoms with Gasteiger partial charge in [-0.2, -0.15) is 0 Å². The molecule has 0 saturated heterocycles. The molecule has 5 rings (SSSR count). The second kappa shape index (κ2) is 10.4. The second-order valence-electron chi connectivity index (χ2n) is 8.90. The summed E-state index contributed by atoms with van der Waals surface area (Å²) in [6.45, 7) is 0.117. The van der Waals surface area contributed by atoms with Crippen molar-refractivity contribution in [2.75, 3.05) is 11.7 Å². The van der Waals surface area contributed by atoms with Crippen molar-refractivity contribution in [3.8, 4) is 17.2 Å². The number of phenolic OH excluding ortho intramolecular Hbond substituents is 1. The average molecular weight is 493 g/mol. The van der Waals surface area contributed by atoms with Crippen molar-refractivity contribution >= 4 is 28.8 Å². The molecule has 1 fully saturated rings. The van der Waals surface area contributed by atoms with Crippen LogP contribution in [0.2, 0.25) is 0 Å². The molecule has 1 aromatic heterocycles. The van der Waals surface area contributed by atoms with Gasteiger partial charge in [0.05, 0.1) is 6.42 Å². The van der Waals surface area contributed by atoms with E-state index in [1.807, 2.05) is 17.5 Å². The van der Waals surface area contributed by atoms with Crippen LogP contribution >= 0.6 is 11.3 Å². The molecule has 1 aliphatic carbocycles. The minimum Gasteiger partial charge on any atom is -0.508 e. The van der Waals surface area contributed by atoms with Crippen LogP contribution in [-0.2, 0) is 16.0 Å². The molecule has 8 heteroatoms. The van der Waals surface area contributed by atoms with E-state index in [1.165, 1.54) is 29.9 Å². The Kier molecular flexibility index (Phi) is 6.90. The summed E-state index contributed by atoms with van der Waals surface area (Å²) in [4.78, 5) is 30.1. The van der Waals surface area contributed by atoms with Gasteiger partial charge in [0.2, 0.25) is 18.6 Å². The number of phenols is 1. The molecule has 2 heterocycles. The van der Waals surface area contributed by atoms with Gasteiger partial charge in [-0.15, -0.1) is 11.3 Å². The van der Waals surface area contributed by atoms with Gasteiger partial charge in [0.25, 0.3) is 0 Å². The molecule has 182 valence electrons. The highest BCUT2D eigenvalue weighted by Crippen LogP contribution is 2.39. The number of aromatic hydroxyl groups is 1. The normalized spacial score (nSPS) is 16.0. The smallest absolute Gasteiger partial charge is 0.248 e. The topological polar surface area (TPSA) is 88.1 Å². The number of thiophene rings is 1. The highest BCUT2D eigenvalue weighted by Gasteiger charge is 2.35. The Hall–Kier alpha value is -3.52. The molecule has 35 heavy (non-hydrogen) atoms. The quantitative estimate of drug-likeness (QED) is 0.487. The van der Waals surface area contributed by atoms with Crippen molar-refractivity contribution in [2.24, 2.45) is 0 Å². The minimum atomic E-state index is -0.912. The minimum absolute atomic E-state index is 0.0851. The zero-order chi connectivity index (χ0) is 24.2. The molecule has 1 aliphatic heterocycles. The molecule has 3 aromatic rings. The van der Waals surface area contributed by atoms with E-state index < -0.39 is 6.04 Å². The number of carbonyl (C=O) groups excluding carboxylic acids is 2. The highest BCUT2D eigenvalue weighted by molar-refractivity contribution is 7.10. The van der Waals surface area contributed by atoms with Gasteiger partial charge in [-0.3, -0.25) is 14.5 Å². The predicted octanol–water partition coefficient (Wildman–Crippen LogP) is 4.95. The Labute approximate surface area is 208 Å². The van der Waals surface area contributed by atoms with E-state index in [9.17, 15) is 14.7 Å². The van der Waals surface area contributed by atoms with Gasteiger partial charge in [0.15, 0.2) is 11.5 Å². The van der Waals surface area contributed by atoms with Gasteiger partial charge in [0, 0.05) is 22.7 Å². The fourth-order valence-corrected chi connectivity index (χ4v) is 5.42. The van der Waals surface area contributed by atoms with Crippen molar-refractivity contribution in [1.29, 1.82) is 0 Å². The maximum absolute atomic E-state index is 13.8. The standard InChI is InChI=1S/C27H28N2O5S/c30-21-11-8-18(9-12-21)26(27(32)28-19-5-2-1-3-6-19)29(25(31)16-22-7-4-14-35-22)20-10-13-23-24(15-20)34-17-33-23/h4,7-15,19,26,30H,1-3,5-6,16-17H2,(H,28,32). The van der Waals surface area contributed by atoms with Gasteiger partial charge >= 0.3 is 0 Å². The Balaban J connectivity index is 1.55. The lowest BCUT2D eigenvalue weighted by Gasteiger charge is -2.33. The number of hydrogen-bond donors (Lipinski definition) is 2. The number of nitrogens with one attached hydrogen (secondary N) is 1. The van der Waals surface area contributed by atoms with Crippen molar-refractivity contribution in [3.05, 3.63) is 70.4 Å². The third-order valence-corrected chi connectivity index (χ3v) is 7.35. The van der Waals surface area contributed by atoms with Crippen LogP contribution in [0, 0.1) is 0 Å². The molecule has 2 N–H and O–H groups in total. The molecule has 0 spiro atoms. The van der Waals surface area contributed by atoms with Crippen molar-refractivity contribution in [2.45, 2.75) is 50.6 Å². The number of anilines is 1. The maximum atomic E-state index is 13.8. The predicted molar refractivity (Wildman–Crippen MR) is 134 cm³/mol. The molecule has 1 saturated carbocycles. The molecular formula is C27H28N2O5S. The molecule has 0 radical (unpaired) electrons. The number of ether oxygens (including phenoxy) is 2. The van der Waals surface area contributed by atoms with E-state index in [0.29, 0.717) is 22.7 Å². The summed E-state index contributed by atoms with van der Waals surface area (Å²) < 4.78 is 11.0. The Bertz CT molecular complexity index is 1170. The number of rotatable bonds is 7. The van der Waals surface area contributed by atoms with E-state index in [0.717, 1.165) is 30.6 Å². The lowest BCUT2D eigenvalue weighted by Crippen LogP contribution is -2.47. The van der Waals surface area contributed by atoms with Crippen LogP contribution in [0.15, 0.2) is 60.0 Å². The molecule has 7 nitrogen and oxygen atoms in total. The highest BCUT2D eigenvalue weighted by atomic mass is 32.1. The van der Waals surface area contributed by atoms with Crippen LogP contribution in [-0.4, -0.2) is 29.8 Å². The van der Waals surface area contributed by atoms with Gasteiger partial charge in [0.1, 0.15) is 11.8 Å². The van der Waals surface area contributed by atoms with Crippen molar-refractivity contribution in [3.63, 3.8) is 0 Å². The Morgan fingerprint density at radius 3 is 2.54 bits per heavy atom. The molecule has 2 aliphatic rings. The lowest BCUT2D eigenvalue weighted by atomic mass is 9.94. The van der Waals surface area contributed by atoms with E-state index in [2.05, 4.69) is 5.32 Å². The van der Waals surface area contributed by atoms with E-state index in [1.54, 1.807) is 35.2 Å². The summed E-state index contributed by atoms with van der Waals surface area (Å²) >= 11 is 1.50. The summed E-state index contributed by atoms with van der Waals surface area (Å²) in [6, 6.07) is 14.7. The SMILES string of the molecule is O=C(NC1CCCCC1)C(c1ccc(O)cc1)N(C(=O)Cc1cccs1)c1ccc2c(c1)OCO2. The van der Waals surface area contributed by atoms with E-state index in [4.69, 9.17) is 9.47 Å². The molecular weight excluding hydrogens is 464 g/mol. The largest absolute Gasteiger partial charge is 0.508 e. The van der Waals surface area contributed by atoms with Gasteiger partial charge in [-0.25, -0.2) is 0 Å². The maximum Gasteiger partial charge on any atom is 0.248 e. The third kappa shape index (κ3) is 5.27. The van der Waals surface area contributed by atoms with Crippen LogP contribution in [0.3, 0.4) is 0 Å². The number of hydrogen-bond acceptors (Lipinski definition) is 6. The van der Waals surface area contributed by atoms with Crippen molar-refractivity contribution in [1.82, 2.24) is 5.32 Å². The Morgan fingerprint density at radius 1 is 1.03 bits per heavy atom. The molecule has 1 atom stereocenters. The summed E-state index contributed by atoms with van der Waals surface area (Å²) in [5.74, 6) is 0.795. The zero-order valence-corrected chi connectivity index (χ0v) is 20.1. The van der Waals surface area contributed by atoms with Gasteiger partial charge in [-0.05, 0) is 54.1 Å². The average Bonchev–Trinajstić information content (AvgIpc) is 3.55.